The summed E-state index contributed by atoms with van der Waals surface area (Å²) in [7, 11) is 0. The van der Waals surface area contributed by atoms with Crippen molar-refractivity contribution >= 4 is 0 Å². The molecule has 1 rings (SSSR count). The molecule has 0 saturated heterocycles. The van der Waals surface area contributed by atoms with Gasteiger partial charge in [-0.05, 0) is 13.0 Å². The van der Waals surface area contributed by atoms with E-state index in [2.05, 4.69) is 5.32 Å². The van der Waals surface area contributed by atoms with Gasteiger partial charge in [-0.1, -0.05) is 6.92 Å². The lowest BCUT2D eigenvalue weighted by Crippen LogP contribution is -2.27. The molecule has 1 aliphatic rings. The Hall–Kier alpha value is -0.180. The van der Waals surface area contributed by atoms with Gasteiger partial charge in [-0.2, -0.15) is 0 Å². The van der Waals surface area contributed by atoms with Gasteiger partial charge in [-0.3, -0.25) is 0 Å². The van der Waals surface area contributed by atoms with Crippen LogP contribution in [0.3, 0.4) is 0 Å². The van der Waals surface area contributed by atoms with Crippen molar-refractivity contribution in [2.75, 3.05) is 6.54 Å². The first-order valence-electron chi connectivity index (χ1n) is 3.75. The van der Waals surface area contributed by atoms with Crippen LogP contribution in [0.5, 0.6) is 0 Å². The highest BCUT2D eigenvalue weighted by molar-refractivity contribution is 4.85. The fraction of sp³-hybridized carbons (Fsp3) is 1.00. The average Bonchev–Trinajstić information content (AvgIpc) is 2.12. The maximum Gasteiger partial charge on any atom is 0.249 e. The van der Waals surface area contributed by atoms with Gasteiger partial charge >= 0.3 is 0 Å². The Morgan fingerprint density at radius 2 is 2.30 bits per heavy atom. The van der Waals surface area contributed by atoms with Crippen molar-refractivity contribution < 1.29 is 8.78 Å². The highest BCUT2D eigenvalue weighted by atomic mass is 19.3. The summed E-state index contributed by atoms with van der Waals surface area (Å²) in [5, 5.41) is 3.02. The number of hydrogen-bond donors (Lipinski definition) is 1. The smallest absolute Gasteiger partial charge is 0.249 e. The second-order valence-corrected chi connectivity index (χ2v) is 2.85. The van der Waals surface area contributed by atoms with Crippen molar-refractivity contribution in [3.8, 4) is 0 Å². The standard InChI is InChI=1S/C7H13F2N/c1-2-10-6-3-4-7(8,9)5-6/h6,10H,2-5H2,1H3. The van der Waals surface area contributed by atoms with Crippen molar-refractivity contribution in [2.45, 2.75) is 38.2 Å². The number of hydrogen-bond acceptors (Lipinski definition) is 1. The molecule has 0 radical (unpaired) electrons. The van der Waals surface area contributed by atoms with Gasteiger partial charge in [0.25, 0.3) is 0 Å². The first-order valence-corrected chi connectivity index (χ1v) is 3.75. The lowest BCUT2D eigenvalue weighted by Gasteiger charge is -2.10. The lowest BCUT2D eigenvalue weighted by molar-refractivity contribution is 0.00699. The molecule has 3 heteroatoms. The molecule has 1 fully saturated rings. The first kappa shape index (κ1) is 7.92. The highest BCUT2D eigenvalue weighted by Crippen LogP contribution is 2.34. The second kappa shape index (κ2) is 2.82. The fourth-order valence-electron chi connectivity index (χ4n) is 1.41. The molecule has 1 nitrogen and oxygen atoms in total. The summed E-state index contributed by atoms with van der Waals surface area (Å²) < 4.78 is 25.0. The molecule has 0 amide bonds. The van der Waals surface area contributed by atoms with Crippen LogP contribution in [0.4, 0.5) is 8.78 Å². The number of alkyl halides is 2. The normalized spacial score (nSPS) is 30.9. The van der Waals surface area contributed by atoms with E-state index >= 15 is 0 Å². The zero-order chi connectivity index (χ0) is 7.61. The fourth-order valence-corrected chi connectivity index (χ4v) is 1.41. The van der Waals surface area contributed by atoms with E-state index in [4.69, 9.17) is 0 Å². The molecule has 1 aliphatic carbocycles. The van der Waals surface area contributed by atoms with E-state index in [1.807, 2.05) is 6.92 Å². The zero-order valence-corrected chi connectivity index (χ0v) is 6.16. The second-order valence-electron chi connectivity index (χ2n) is 2.85. The van der Waals surface area contributed by atoms with Gasteiger partial charge in [0.1, 0.15) is 0 Å². The molecule has 0 aromatic rings. The van der Waals surface area contributed by atoms with Crippen LogP contribution in [0.15, 0.2) is 0 Å². The maximum atomic E-state index is 12.5. The van der Waals surface area contributed by atoms with Crippen LogP contribution in [-0.2, 0) is 0 Å². The average molecular weight is 149 g/mol. The van der Waals surface area contributed by atoms with E-state index in [-0.39, 0.29) is 18.9 Å². The van der Waals surface area contributed by atoms with Crippen molar-refractivity contribution in [2.24, 2.45) is 0 Å². The van der Waals surface area contributed by atoms with E-state index in [0.29, 0.717) is 6.42 Å². The third-order valence-electron chi connectivity index (χ3n) is 1.90. The van der Waals surface area contributed by atoms with Crippen molar-refractivity contribution in [1.82, 2.24) is 5.32 Å². The molecule has 0 aromatic carbocycles. The number of nitrogens with one attached hydrogen (secondary N) is 1. The maximum absolute atomic E-state index is 12.5. The molecule has 1 unspecified atom stereocenters. The Balaban J connectivity index is 2.29. The molecule has 60 valence electrons. The van der Waals surface area contributed by atoms with Crippen LogP contribution < -0.4 is 5.32 Å². The Bertz CT molecular complexity index is 114. The van der Waals surface area contributed by atoms with E-state index in [0.717, 1.165) is 6.54 Å². The van der Waals surface area contributed by atoms with Crippen molar-refractivity contribution in [1.29, 1.82) is 0 Å². The summed E-state index contributed by atoms with van der Waals surface area (Å²) in [6.07, 6.45) is 0.715. The van der Waals surface area contributed by atoms with Gasteiger partial charge in [-0.25, -0.2) is 8.78 Å². The Labute approximate surface area is 59.8 Å². The molecule has 0 heterocycles. The predicted octanol–water partition coefficient (Wildman–Crippen LogP) is 1.78. The Kier molecular flexibility index (Phi) is 2.24. The van der Waals surface area contributed by atoms with Gasteiger partial charge in [-0.15, -0.1) is 0 Å². The molecule has 0 spiro atoms. The third kappa shape index (κ3) is 1.90. The molecule has 0 aromatic heterocycles. The Morgan fingerprint density at radius 3 is 2.70 bits per heavy atom. The first-order chi connectivity index (χ1) is 4.64. The highest BCUT2D eigenvalue weighted by Gasteiger charge is 2.38. The summed E-state index contributed by atoms with van der Waals surface area (Å²) in [6, 6.07) is 0.0556. The SMILES string of the molecule is CCNC1CCC(F)(F)C1. The summed E-state index contributed by atoms with van der Waals surface area (Å²) in [4.78, 5) is 0. The minimum atomic E-state index is -2.40. The quantitative estimate of drug-likeness (QED) is 0.631. The molecule has 10 heavy (non-hydrogen) atoms. The molecule has 1 atom stereocenters. The van der Waals surface area contributed by atoms with Crippen molar-refractivity contribution in [3.63, 3.8) is 0 Å². The van der Waals surface area contributed by atoms with E-state index in [1.165, 1.54) is 0 Å². The van der Waals surface area contributed by atoms with Crippen LogP contribution in [0.1, 0.15) is 26.2 Å². The molecule has 1 N–H and O–H groups in total. The van der Waals surface area contributed by atoms with Crippen molar-refractivity contribution in [3.05, 3.63) is 0 Å². The van der Waals surface area contributed by atoms with E-state index in [1.54, 1.807) is 0 Å². The summed E-state index contributed by atoms with van der Waals surface area (Å²) in [5.41, 5.74) is 0. The van der Waals surface area contributed by atoms with Gasteiger partial charge in [0.15, 0.2) is 0 Å². The van der Waals surface area contributed by atoms with Crippen LogP contribution >= 0.6 is 0 Å². The largest absolute Gasteiger partial charge is 0.314 e. The third-order valence-corrected chi connectivity index (χ3v) is 1.90. The van der Waals surface area contributed by atoms with Crippen LogP contribution in [0.2, 0.25) is 0 Å². The molecule has 0 aliphatic heterocycles. The number of halogens is 2. The molecular formula is C7H13F2N. The van der Waals surface area contributed by atoms with Crippen LogP contribution in [0, 0.1) is 0 Å². The molecule has 1 saturated carbocycles. The topological polar surface area (TPSA) is 12.0 Å². The minimum Gasteiger partial charge on any atom is -0.314 e. The van der Waals surface area contributed by atoms with Gasteiger partial charge < -0.3 is 5.32 Å². The summed E-state index contributed by atoms with van der Waals surface area (Å²) in [6.45, 7) is 2.73. The van der Waals surface area contributed by atoms with E-state index in [9.17, 15) is 8.78 Å². The van der Waals surface area contributed by atoms with Gasteiger partial charge in [0, 0.05) is 18.9 Å². The molecular weight excluding hydrogens is 136 g/mol. The van der Waals surface area contributed by atoms with Gasteiger partial charge in [0.2, 0.25) is 5.92 Å². The summed E-state index contributed by atoms with van der Waals surface area (Å²) in [5.74, 6) is -2.40. The van der Waals surface area contributed by atoms with Gasteiger partial charge in [0.05, 0.1) is 0 Å². The Morgan fingerprint density at radius 1 is 1.60 bits per heavy atom. The van der Waals surface area contributed by atoms with E-state index < -0.39 is 5.92 Å². The predicted molar refractivity (Wildman–Crippen MR) is 36.3 cm³/mol. The molecule has 0 bridgehead atoms. The van der Waals surface area contributed by atoms with Crippen LogP contribution in [-0.4, -0.2) is 18.5 Å². The monoisotopic (exact) mass is 149 g/mol. The number of rotatable bonds is 2. The minimum absolute atomic E-state index is 0.0286. The lowest BCUT2D eigenvalue weighted by atomic mass is 10.2. The summed E-state index contributed by atoms with van der Waals surface area (Å²) >= 11 is 0. The zero-order valence-electron chi connectivity index (χ0n) is 6.16. The van der Waals surface area contributed by atoms with Crippen LogP contribution in [0.25, 0.3) is 0 Å².